The van der Waals surface area contributed by atoms with Crippen LogP contribution in [-0.2, 0) is 14.2 Å². The molecule has 0 aliphatic heterocycles. The van der Waals surface area contributed by atoms with E-state index in [4.69, 9.17) is 15.1 Å². The van der Waals surface area contributed by atoms with E-state index in [1.54, 1.807) is 0 Å². The van der Waals surface area contributed by atoms with Crippen LogP contribution in [0.15, 0.2) is 0 Å². The van der Waals surface area contributed by atoms with Crippen LogP contribution in [0.25, 0.3) is 0 Å². The molecule has 0 spiro atoms. The summed E-state index contributed by atoms with van der Waals surface area (Å²) >= 11 is 0. The van der Waals surface area contributed by atoms with Gasteiger partial charge in [0, 0.05) is 0 Å². The molecule has 0 fully saturated rings. The lowest BCUT2D eigenvalue weighted by Gasteiger charge is -2.17. The summed E-state index contributed by atoms with van der Waals surface area (Å²) in [5, 5.41) is 14.6. The molecule has 12 heavy (non-hydrogen) atoms. The van der Waals surface area contributed by atoms with Gasteiger partial charge in [-0.1, -0.05) is 0 Å². The Labute approximate surface area is 68.7 Å². The molecule has 0 amide bonds. The zero-order valence-electron chi connectivity index (χ0n) is 6.27. The van der Waals surface area contributed by atoms with Crippen molar-refractivity contribution < 1.29 is 29.3 Å². The Balaban J connectivity index is 4.75. The van der Waals surface area contributed by atoms with E-state index in [1.165, 1.54) is 0 Å². The Morgan fingerprint density at radius 3 is 1.92 bits per heavy atom. The van der Waals surface area contributed by atoms with Gasteiger partial charge in [0.15, 0.2) is 0 Å². The number of carboxylic acids is 2. The fraction of sp³-hybridized carbons (Fsp3) is 0.600. The first-order valence-corrected chi connectivity index (χ1v) is 4.35. The quantitative estimate of drug-likeness (QED) is 0.535. The van der Waals surface area contributed by atoms with Crippen LogP contribution in [0.5, 0.6) is 0 Å². The first kappa shape index (κ1) is 11.1. The lowest BCUT2D eigenvalue weighted by molar-refractivity contribution is -0.146. The largest absolute Gasteiger partial charge is 0.481 e. The van der Waals surface area contributed by atoms with Gasteiger partial charge in [-0.3, -0.25) is 14.2 Å². The van der Waals surface area contributed by atoms with Crippen molar-refractivity contribution >= 4 is 20.0 Å². The first-order valence-electron chi connectivity index (χ1n) is 2.99. The first-order chi connectivity index (χ1) is 5.30. The average Bonchev–Trinajstić information content (AvgIpc) is 1.84. The van der Waals surface area contributed by atoms with Crippen LogP contribution in [0, 0.1) is 0 Å². The standard InChI is InChI=1S/C5H9O6P/c1-5(4(8)9,12(10)11)2-3(6)7/h12H,2H2,1H3,(H,6,7)(H,8,9)(H,10,11). The minimum Gasteiger partial charge on any atom is -0.481 e. The van der Waals surface area contributed by atoms with Crippen molar-refractivity contribution in [2.45, 2.75) is 18.5 Å². The van der Waals surface area contributed by atoms with E-state index in [-0.39, 0.29) is 0 Å². The second-order valence-electron chi connectivity index (χ2n) is 2.51. The van der Waals surface area contributed by atoms with Gasteiger partial charge >= 0.3 is 11.9 Å². The van der Waals surface area contributed by atoms with Crippen molar-refractivity contribution in [1.29, 1.82) is 0 Å². The highest BCUT2D eigenvalue weighted by Crippen LogP contribution is 2.38. The molecule has 0 saturated carbocycles. The molecule has 2 atom stereocenters. The topological polar surface area (TPSA) is 112 Å². The summed E-state index contributed by atoms with van der Waals surface area (Å²) in [6.07, 6.45) is -0.851. The predicted molar refractivity (Wildman–Crippen MR) is 39.5 cm³/mol. The number of rotatable bonds is 4. The Bertz CT molecular complexity index is 220. The van der Waals surface area contributed by atoms with Gasteiger partial charge in [-0.15, -0.1) is 0 Å². The fourth-order valence-electron chi connectivity index (χ4n) is 0.545. The normalized spacial score (nSPS) is 17.8. The zero-order chi connectivity index (χ0) is 9.94. The summed E-state index contributed by atoms with van der Waals surface area (Å²) in [4.78, 5) is 29.1. The second kappa shape index (κ2) is 3.69. The van der Waals surface area contributed by atoms with Gasteiger partial charge in [0.05, 0.1) is 6.42 Å². The van der Waals surface area contributed by atoms with Gasteiger partial charge in [-0.05, 0) is 6.92 Å². The third-order valence-electron chi connectivity index (χ3n) is 1.45. The highest BCUT2D eigenvalue weighted by atomic mass is 31.1. The van der Waals surface area contributed by atoms with E-state index in [9.17, 15) is 14.2 Å². The second-order valence-corrected chi connectivity index (χ2v) is 4.23. The summed E-state index contributed by atoms with van der Waals surface area (Å²) in [6, 6.07) is 0. The van der Waals surface area contributed by atoms with Crippen LogP contribution in [0.1, 0.15) is 13.3 Å². The van der Waals surface area contributed by atoms with Crippen LogP contribution >= 0.6 is 8.03 Å². The van der Waals surface area contributed by atoms with E-state index in [1.807, 2.05) is 0 Å². The molecule has 0 aliphatic rings. The maximum atomic E-state index is 10.5. The number of aliphatic carboxylic acids is 2. The smallest absolute Gasteiger partial charge is 0.319 e. The SMILES string of the molecule is CC(CC(=O)O)(C(=O)O)[PH](=O)O. The summed E-state index contributed by atoms with van der Waals surface area (Å²) in [5.74, 6) is -2.98. The van der Waals surface area contributed by atoms with Gasteiger partial charge < -0.3 is 15.1 Å². The Kier molecular flexibility index (Phi) is 3.42. The number of hydrogen-bond donors (Lipinski definition) is 3. The van der Waals surface area contributed by atoms with E-state index < -0.39 is 31.5 Å². The van der Waals surface area contributed by atoms with Gasteiger partial charge in [0.2, 0.25) is 8.03 Å². The van der Waals surface area contributed by atoms with Crippen LogP contribution in [-0.4, -0.2) is 32.2 Å². The molecule has 0 aliphatic carbocycles. The summed E-state index contributed by atoms with van der Waals surface area (Å²) in [7, 11) is -3.40. The molecular formula is C5H9O6P. The molecule has 0 radical (unpaired) electrons. The maximum Gasteiger partial charge on any atom is 0.319 e. The molecule has 0 aromatic heterocycles. The molecule has 3 N–H and O–H groups in total. The van der Waals surface area contributed by atoms with Gasteiger partial charge in [0.25, 0.3) is 0 Å². The summed E-state index contributed by atoms with van der Waals surface area (Å²) < 4.78 is 10.5. The third kappa shape index (κ3) is 2.32. The molecule has 0 saturated heterocycles. The molecule has 6 nitrogen and oxygen atoms in total. The molecule has 7 heteroatoms. The van der Waals surface area contributed by atoms with Crippen LogP contribution < -0.4 is 0 Å². The lowest BCUT2D eigenvalue weighted by atomic mass is 10.1. The maximum absolute atomic E-state index is 10.5. The van der Waals surface area contributed by atoms with E-state index in [0.29, 0.717) is 0 Å². The Morgan fingerprint density at radius 1 is 1.42 bits per heavy atom. The highest BCUT2D eigenvalue weighted by molar-refractivity contribution is 7.41. The molecule has 0 bridgehead atoms. The Hall–Kier alpha value is -0.870. The van der Waals surface area contributed by atoms with Crippen molar-refractivity contribution in [2.75, 3.05) is 0 Å². The van der Waals surface area contributed by atoms with Crippen LogP contribution in [0.2, 0.25) is 0 Å². The van der Waals surface area contributed by atoms with Gasteiger partial charge in [0.1, 0.15) is 5.16 Å². The lowest BCUT2D eigenvalue weighted by Crippen LogP contribution is -2.33. The molecule has 70 valence electrons. The minimum atomic E-state index is -3.40. The summed E-state index contributed by atoms with van der Waals surface area (Å²) in [6.45, 7) is 0.935. The van der Waals surface area contributed by atoms with Crippen molar-refractivity contribution in [3.63, 3.8) is 0 Å². The third-order valence-corrected chi connectivity index (χ3v) is 2.78. The summed E-state index contributed by atoms with van der Waals surface area (Å²) in [5.41, 5.74) is 0. The zero-order valence-corrected chi connectivity index (χ0v) is 7.27. The number of carboxylic acid groups (broad SMARTS) is 2. The fourth-order valence-corrected chi connectivity index (χ4v) is 1.03. The van der Waals surface area contributed by atoms with E-state index in [0.717, 1.165) is 6.92 Å². The van der Waals surface area contributed by atoms with Crippen LogP contribution in [0.4, 0.5) is 0 Å². The Morgan fingerprint density at radius 2 is 1.83 bits per heavy atom. The van der Waals surface area contributed by atoms with Crippen molar-refractivity contribution in [3.8, 4) is 0 Å². The van der Waals surface area contributed by atoms with Crippen molar-refractivity contribution in [2.24, 2.45) is 0 Å². The van der Waals surface area contributed by atoms with Crippen molar-refractivity contribution in [3.05, 3.63) is 0 Å². The number of carbonyl (C=O) groups is 2. The minimum absolute atomic E-state index is 0.851. The van der Waals surface area contributed by atoms with Gasteiger partial charge in [-0.2, -0.15) is 0 Å². The average molecular weight is 196 g/mol. The molecular weight excluding hydrogens is 187 g/mol. The van der Waals surface area contributed by atoms with Crippen molar-refractivity contribution in [1.82, 2.24) is 0 Å². The molecule has 0 aromatic rings. The number of hydrogen-bond acceptors (Lipinski definition) is 3. The molecule has 2 unspecified atom stereocenters. The van der Waals surface area contributed by atoms with E-state index in [2.05, 4.69) is 0 Å². The molecule has 0 aromatic carbocycles. The molecule has 0 heterocycles. The van der Waals surface area contributed by atoms with Crippen LogP contribution in [0.3, 0.4) is 0 Å². The monoisotopic (exact) mass is 196 g/mol. The van der Waals surface area contributed by atoms with Gasteiger partial charge in [-0.25, -0.2) is 0 Å². The predicted octanol–water partition coefficient (Wildman–Crippen LogP) is -0.229. The molecule has 0 rings (SSSR count). The van der Waals surface area contributed by atoms with E-state index >= 15 is 0 Å². The highest BCUT2D eigenvalue weighted by Gasteiger charge is 2.41.